The minimum absolute atomic E-state index is 0.0453. The monoisotopic (exact) mass is 302 g/mol. The first kappa shape index (κ1) is 13.8. The molecule has 6 heteroatoms. The van der Waals surface area contributed by atoms with Gasteiger partial charge in [0.2, 0.25) is 5.91 Å². The number of nitrogens with one attached hydrogen (secondary N) is 2. The molecule has 0 radical (unpaired) electrons. The Hall–Kier alpha value is -2.14. The molecule has 3 rings (SSSR count). The van der Waals surface area contributed by atoms with Gasteiger partial charge in [-0.05, 0) is 30.5 Å². The Morgan fingerprint density at radius 2 is 2.19 bits per heavy atom. The van der Waals surface area contributed by atoms with Crippen LogP contribution in [0.4, 0.5) is 11.5 Å². The SMILES string of the molecule is CNc1ncncc1NC(=O)C1(c2cccc(Cl)c2)CC1. The summed E-state index contributed by atoms with van der Waals surface area (Å²) in [6, 6.07) is 7.48. The lowest BCUT2D eigenvalue weighted by atomic mass is 9.95. The second kappa shape index (κ2) is 5.33. The molecule has 1 aliphatic rings. The number of halogens is 1. The number of carbonyl (C=O) groups is 1. The Morgan fingerprint density at radius 3 is 2.86 bits per heavy atom. The molecule has 21 heavy (non-hydrogen) atoms. The molecule has 1 fully saturated rings. The fourth-order valence-corrected chi connectivity index (χ4v) is 2.61. The number of amides is 1. The Kier molecular flexibility index (Phi) is 3.51. The highest BCUT2D eigenvalue weighted by atomic mass is 35.5. The van der Waals surface area contributed by atoms with E-state index in [1.807, 2.05) is 24.3 Å². The summed E-state index contributed by atoms with van der Waals surface area (Å²) in [6.07, 6.45) is 4.67. The highest BCUT2D eigenvalue weighted by Crippen LogP contribution is 2.49. The molecule has 0 saturated heterocycles. The summed E-state index contributed by atoms with van der Waals surface area (Å²) in [7, 11) is 1.75. The van der Waals surface area contributed by atoms with Gasteiger partial charge >= 0.3 is 0 Å². The third kappa shape index (κ3) is 2.56. The lowest BCUT2D eigenvalue weighted by Gasteiger charge is -2.17. The van der Waals surface area contributed by atoms with Crippen LogP contribution in [0.3, 0.4) is 0 Å². The van der Waals surface area contributed by atoms with E-state index in [1.54, 1.807) is 13.2 Å². The van der Waals surface area contributed by atoms with Crippen LogP contribution >= 0.6 is 11.6 Å². The van der Waals surface area contributed by atoms with Crippen LogP contribution in [0.2, 0.25) is 5.02 Å². The molecule has 1 aliphatic carbocycles. The van der Waals surface area contributed by atoms with Crippen LogP contribution in [0.5, 0.6) is 0 Å². The van der Waals surface area contributed by atoms with Gasteiger partial charge in [0.25, 0.3) is 0 Å². The van der Waals surface area contributed by atoms with Gasteiger partial charge in [-0.3, -0.25) is 4.79 Å². The van der Waals surface area contributed by atoms with Crippen molar-refractivity contribution in [2.75, 3.05) is 17.7 Å². The number of hydrogen-bond donors (Lipinski definition) is 2. The molecule has 0 aliphatic heterocycles. The van der Waals surface area contributed by atoms with E-state index in [4.69, 9.17) is 11.6 Å². The van der Waals surface area contributed by atoms with Crippen LogP contribution in [-0.4, -0.2) is 22.9 Å². The van der Waals surface area contributed by atoms with Crippen LogP contribution in [0, 0.1) is 0 Å². The van der Waals surface area contributed by atoms with Crippen molar-refractivity contribution in [2.24, 2.45) is 0 Å². The molecule has 1 amide bonds. The number of benzene rings is 1. The largest absolute Gasteiger partial charge is 0.371 e. The van der Waals surface area contributed by atoms with Crippen molar-refractivity contribution in [3.63, 3.8) is 0 Å². The summed E-state index contributed by atoms with van der Waals surface area (Å²) in [6.45, 7) is 0. The maximum atomic E-state index is 12.6. The molecular formula is C15H15ClN4O. The number of hydrogen-bond acceptors (Lipinski definition) is 4. The number of carbonyl (C=O) groups excluding carboxylic acids is 1. The number of nitrogens with zero attached hydrogens (tertiary/aromatic N) is 2. The molecule has 1 heterocycles. The molecular weight excluding hydrogens is 288 g/mol. The molecule has 5 nitrogen and oxygen atoms in total. The molecule has 1 saturated carbocycles. The topological polar surface area (TPSA) is 66.9 Å². The summed E-state index contributed by atoms with van der Waals surface area (Å²) in [5.74, 6) is 0.552. The van der Waals surface area contributed by atoms with E-state index >= 15 is 0 Å². The normalized spacial score (nSPS) is 15.3. The van der Waals surface area contributed by atoms with Crippen molar-refractivity contribution < 1.29 is 4.79 Å². The fraction of sp³-hybridized carbons (Fsp3) is 0.267. The quantitative estimate of drug-likeness (QED) is 0.911. The predicted molar refractivity (Wildman–Crippen MR) is 82.6 cm³/mol. The van der Waals surface area contributed by atoms with Crippen LogP contribution in [0.1, 0.15) is 18.4 Å². The summed E-state index contributed by atoms with van der Waals surface area (Å²) in [4.78, 5) is 20.7. The zero-order valence-corrected chi connectivity index (χ0v) is 12.3. The van der Waals surface area contributed by atoms with Crippen molar-refractivity contribution >= 4 is 29.0 Å². The Morgan fingerprint density at radius 1 is 1.38 bits per heavy atom. The third-order valence-electron chi connectivity index (χ3n) is 3.76. The minimum Gasteiger partial charge on any atom is -0.371 e. The number of rotatable bonds is 4. The maximum absolute atomic E-state index is 12.6. The molecule has 2 N–H and O–H groups in total. The number of anilines is 2. The molecule has 2 aromatic rings. The van der Waals surface area contributed by atoms with E-state index in [2.05, 4.69) is 20.6 Å². The van der Waals surface area contributed by atoms with Crippen molar-refractivity contribution in [2.45, 2.75) is 18.3 Å². The van der Waals surface area contributed by atoms with Crippen LogP contribution < -0.4 is 10.6 Å². The molecule has 0 spiro atoms. The zero-order chi connectivity index (χ0) is 14.9. The maximum Gasteiger partial charge on any atom is 0.235 e. The first-order valence-electron chi connectivity index (χ1n) is 6.71. The lowest BCUT2D eigenvalue weighted by Crippen LogP contribution is -2.28. The molecule has 0 unspecified atom stereocenters. The van der Waals surface area contributed by atoms with Gasteiger partial charge in [0.05, 0.1) is 11.6 Å². The molecule has 108 valence electrons. The van der Waals surface area contributed by atoms with Gasteiger partial charge in [-0.2, -0.15) is 0 Å². The fourth-order valence-electron chi connectivity index (χ4n) is 2.42. The van der Waals surface area contributed by atoms with Crippen molar-refractivity contribution in [3.05, 3.63) is 47.4 Å². The van der Waals surface area contributed by atoms with E-state index in [0.29, 0.717) is 16.5 Å². The van der Waals surface area contributed by atoms with Crippen LogP contribution in [0.25, 0.3) is 0 Å². The summed E-state index contributed by atoms with van der Waals surface area (Å²) in [5.41, 5.74) is 1.06. The highest BCUT2D eigenvalue weighted by molar-refractivity contribution is 6.30. The average Bonchev–Trinajstić information content (AvgIpc) is 3.29. The van der Waals surface area contributed by atoms with E-state index < -0.39 is 5.41 Å². The summed E-state index contributed by atoms with van der Waals surface area (Å²) < 4.78 is 0. The molecule has 0 atom stereocenters. The van der Waals surface area contributed by atoms with E-state index in [1.165, 1.54) is 6.33 Å². The van der Waals surface area contributed by atoms with Crippen LogP contribution in [0.15, 0.2) is 36.8 Å². The minimum atomic E-state index is -0.480. The highest BCUT2D eigenvalue weighted by Gasteiger charge is 2.51. The zero-order valence-electron chi connectivity index (χ0n) is 11.6. The first-order valence-corrected chi connectivity index (χ1v) is 7.09. The predicted octanol–water partition coefficient (Wildman–Crippen LogP) is 2.84. The Labute approximate surface area is 127 Å². The number of aromatic nitrogens is 2. The Bertz CT molecular complexity index is 685. The van der Waals surface area contributed by atoms with Gasteiger partial charge in [-0.15, -0.1) is 0 Å². The molecule has 0 bridgehead atoms. The van der Waals surface area contributed by atoms with E-state index in [9.17, 15) is 4.79 Å². The third-order valence-corrected chi connectivity index (χ3v) is 3.99. The van der Waals surface area contributed by atoms with Crippen LogP contribution in [-0.2, 0) is 10.2 Å². The van der Waals surface area contributed by atoms with Gasteiger partial charge in [-0.25, -0.2) is 9.97 Å². The van der Waals surface area contributed by atoms with E-state index in [0.717, 1.165) is 18.4 Å². The second-order valence-electron chi connectivity index (χ2n) is 5.08. The van der Waals surface area contributed by atoms with Gasteiger partial charge in [-0.1, -0.05) is 23.7 Å². The Balaban J connectivity index is 1.85. The first-order chi connectivity index (χ1) is 10.2. The standard InChI is InChI=1S/C15H15ClN4O/c1-17-13-12(8-18-9-19-13)20-14(21)15(5-6-15)10-3-2-4-11(16)7-10/h2-4,7-9H,5-6H2,1H3,(H,20,21)(H,17,18,19). The molecule has 1 aromatic heterocycles. The van der Waals surface area contributed by atoms with Gasteiger partial charge < -0.3 is 10.6 Å². The summed E-state index contributed by atoms with van der Waals surface area (Å²) >= 11 is 6.03. The van der Waals surface area contributed by atoms with Gasteiger partial charge in [0.15, 0.2) is 5.82 Å². The van der Waals surface area contributed by atoms with Crippen molar-refractivity contribution in [3.8, 4) is 0 Å². The second-order valence-corrected chi connectivity index (χ2v) is 5.52. The smallest absolute Gasteiger partial charge is 0.235 e. The molecule has 1 aromatic carbocycles. The van der Waals surface area contributed by atoms with Crippen molar-refractivity contribution in [1.82, 2.24) is 9.97 Å². The average molecular weight is 303 g/mol. The summed E-state index contributed by atoms with van der Waals surface area (Å²) in [5, 5.41) is 6.49. The van der Waals surface area contributed by atoms with Gasteiger partial charge in [0, 0.05) is 12.1 Å². The lowest BCUT2D eigenvalue weighted by molar-refractivity contribution is -0.118. The van der Waals surface area contributed by atoms with Crippen molar-refractivity contribution in [1.29, 1.82) is 0 Å². The van der Waals surface area contributed by atoms with Gasteiger partial charge in [0.1, 0.15) is 12.0 Å². The van der Waals surface area contributed by atoms with E-state index in [-0.39, 0.29) is 5.91 Å².